The molecular weight excluding hydrogens is 348 g/mol. The van der Waals surface area contributed by atoms with Crippen molar-refractivity contribution in [3.05, 3.63) is 83.5 Å². The highest BCUT2D eigenvalue weighted by molar-refractivity contribution is 9.10. The van der Waals surface area contributed by atoms with Crippen LogP contribution in [0.1, 0.15) is 0 Å². The van der Waals surface area contributed by atoms with E-state index < -0.39 is 0 Å². The van der Waals surface area contributed by atoms with Crippen LogP contribution in [0.4, 0.5) is 0 Å². The summed E-state index contributed by atoms with van der Waals surface area (Å²) in [5.74, 6) is 0. The topological polar surface area (TPSA) is 25.8 Å². The van der Waals surface area contributed by atoms with Crippen LogP contribution in [0.3, 0.4) is 0 Å². The first kappa shape index (κ1) is 14.1. The van der Waals surface area contributed by atoms with E-state index in [0.29, 0.717) is 0 Å². The molecule has 0 fully saturated rings. The second kappa shape index (κ2) is 5.94. The van der Waals surface area contributed by atoms with Gasteiger partial charge in [0.25, 0.3) is 0 Å². The third-order valence-corrected chi connectivity index (χ3v) is 4.34. The van der Waals surface area contributed by atoms with Gasteiger partial charge in [-0.1, -0.05) is 64.5 Å². The first-order valence-electron chi connectivity index (χ1n) is 7.38. The highest BCUT2D eigenvalue weighted by Gasteiger charge is 2.03. The predicted octanol–water partition coefficient (Wildman–Crippen LogP) is 5.73. The van der Waals surface area contributed by atoms with Gasteiger partial charge in [0.05, 0.1) is 22.9 Å². The summed E-state index contributed by atoms with van der Waals surface area (Å²) < 4.78 is 1.09. The lowest BCUT2D eigenvalue weighted by Gasteiger charge is -2.05. The van der Waals surface area contributed by atoms with Gasteiger partial charge in [0.2, 0.25) is 0 Å². The van der Waals surface area contributed by atoms with E-state index in [2.05, 4.69) is 69.4 Å². The first-order valence-corrected chi connectivity index (χ1v) is 8.17. The van der Waals surface area contributed by atoms with Crippen LogP contribution in [-0.2, 0) is 0 Å². The van der Waals surface area contributed by atoms with Crippen molar-refractivity contribution in [3.63, 3.8) is 0 Å². The molecule has 0 radical (unpaired) electrons. The number of hydrogen-bond acceptors (Lipinski definition) is 2. The van der Waals surface area contributed by atoms with E-state index in [1.165, 1.54) is 11.1 Å². The van der Waals surface area contributed by atoms with E-state index in [1.807, 2.05) is 30.5 Å². The summed E-state index contributed by atoms with van der Waals surface area (Å²) in [6, 6.07) is 24.7. The lowest BCUT2D eigenvalue weighted by molar-refractivity contribution is 1.29. The molecule has 0 aliphatic carbocycles. The molecule has 0 bridgehead atoms. The number of halogens is 1. The molecule has 4 rings (SSSR count). The van der Waals surface area contributed by atoms with Crippen molar-refractivity contribution in [1.29, 1.82) is 0 Å². The Balaban J connectivity index is 1.70. The third kappa shape index (κ3) is 2.88. The van der Waals surface area contributed by atoms with Crippen LogP contribution in [0.5, 0.6) is 0 Å². The van der Waals surface area contributed by atoms with Gasteiger partial charge in [0.1, 0.15) is 0 Å². The fourth-order valence-electron chi connectivity index (χ4n) is 2.57. The largest absolute Gasteiger partial charge is 0.252 e. The molecule has 0 N–H and O–H groups in total. The maximum atomic E-state index is 4.69. The summed E-state index contributed by atoms with van der Waals surface area (Å²) in [7, 11) is 0. The highest BCUT2D eigenvalue weighted by atomic mass is 79.9. The lowest BCUT2D eigenvalue weighted by Crippen LogP contribution is -1.88. The van der Waals surface area contributed by atoms with Crippen molar-refractivity contribution in [2.75, 3.05) is 0 Å². The van der Waals surface area contributed by atoms with Gasteiger partial charge in [0.15, 0.2) is 0 Å². The Labute approximate surface area is 143 Å². The number of fused-ring (bicyclic) bond motifs is 1. The van der Waals surface area contributed by atoms with E-state index in [9.17, 15) is 0 Å². The summed E-state index contributed by atoms with van der Waals surface area (Å²) in [6.07, 6.45) is 1.83. The Hall–Kier alpha value is -2.52. The number of hydrogen-bond donors (Lipinski definition) is 0. The molecule has 0 spiro atoms. The molecule has 0 atom stereocenters. The maximum Gasteiger partial charge on any atom is 0.0894 e. The van der Waals surface area contributed by atoms with E-state index in [1.54, 1.807) is 0 Å². The first-order chi connectivity index (χ1) is 11.3. The average Bonchev–Trinajstić information content (AvgIpc) is 2.62. The second-order valence-corrected chi connectivity index (χ2v) is 6.24. The Morgan fingerprint density at radius 3 is 1.87 bits per heavy atom. The molecule has 0 saturated carbocycles. The van der Waals surface area contributed by atoms with Crippen LogP contribution >= 0.6 is 15.9 Å². The normalized spacial score (nSPS) is 10.8. The van der Waals surface area contributed by atoms with E-state index >= 15 is 0 Å². The van der Waals surface area contributed by atoms with Crippen LogP contribution in [0.25, 0.3) is 33.4 Å². The molecule has 2 nitrogen and oxygen atoms in total. The molecule has 0 aliphatic heterocycles. The molecule has 1 aromatic heterocycles. The molecule has 0 saturated heterocycles. The molecule has 3 heteroatoms. The van der Waals surface area contributed by atoms with Crippen LogP contribution in [0.2, 0.25) is 0 Å². The summed E-state index contributed by atoms with van der Waals surface area (Å²) in [6.45, 7) is 0. The summed E-state index contributed by atoms with van der Waals surface area (Å²) in [5, 5.41) is 0. The van der Waals surface area contributed by atoms with Gasteiger partial charge in [-0.2, -0.15) is 0 Å². The van der Waals surface area contributed by atoms with Gasteiger partial charge < -0.3 is 0 Å². The van der Waals surface area contributed by atoms with Crippen LogP contribution in [0.15, 0.2) is 83.5 Å². The van der Waals surface area contributed by atoms with Crippen molar-refractivity contribution >= 4 is 27.0 Å². The zero-order chi connectivity index (χ0) is 15.6. The molecule has 4 aromatic rings. The zero-order valence-electron chi connectivity index (χ0n) is 12.3. The minimum atomic E-state index is 0.894. The van der Waals surface area contributed by atoms with Gasteiger partial charge in [-0.25, -0.2) is 4.98 Å². The summed E-state index contributed by atoms with van der Waals surface area (Å²) in [5.41, 5.74) is 6.19. The SMILES string of the molecule is Brc1ccc(-c2ccc(-c3cnc4ccccc4n3)cc2)cc1. The van der Waals surface area contributed by atoms with Crippen molar-refractivity contribution in [2.45, 2.75) is 0 Å². The fourth-order valence-corrected chi connectivity index (χ4v) is 2.84. The minimum Gasteiger partial charge on any atom is -0.252 e. The zero-order valence-corrected chi connectivity index (χ0v) is 13.9. The molecule has 3 aromatic carbocycles. The Morgan fingerprint density at radius 2 is 1.17 bits per heavy atom. The second-order valence-electron chi connectivity index (χ2n) is 5.33. The van der Waals surface area contributed by atoms with Gasteiger partial charge in [-0.3, -0.25) is 4.98 Å². The van der Waals surface area contributed by atoms with Crippen molar-refractivity contribution in [2.24, 2.45) is 0 Å². The number of nitrogens with zero attached hydrogens (tertiary/aromatic N) is 2. The van der Waals surface area contributed by atoms with Crippen molar-refractivity contribution < 1.29 is 0 Å². The number of benzene rings is 3. The molecule has 0 unspecified atom stereocenters. The van der Waals surface area contributed by atoms with Gasteiger partial charge in [-0.05, 0) is 35.4 Å². The van der Waals surface area contributed by atoms with Gasteiger partial charge >= 0.3 is 0 Å². The van der Waals surface area contributed by atoms with Crippen molar-refractivity contribution in [3.8, 4) is 22.4 Å². The summed E-state index contributed by atoms with van der Waals surface area (Å²) >= 11 is 3.46. The van der Waals surface area contributed by atoms with Crippen LogP contribution in [-0.4, -0.2) is 9.97 Å². The third-order valence-electron chi connectivity index (χ3n) is 3.81. The van der Waals surface area contributed by atoms with Crippen LogP contribution < -0.4 is 0 Å². The van der Waals surface area contributed by atoms with E-state index in [-0.39, 0.29) is 0 Å². The van der Waals surface area contributed by atoms with Crippen LogP contribution in [0, 0.1) is 0 Å². The Bertz CT molecular complexity index is 961. The minimum absolute atomic E-state index is 0.894. The van der Waals surface area contributed by atoms with E-state index in [4.69, 9.17) is 4.98 Å². The number of aromatic nitrogens is 2. The molecule has 110 valence electrons. The lowest BCUT2D eigenvalue weighted by atomic mass is 10.0. The van der Waals surface area contributed by atoms with Gasteiger partial charge in [0, 0.05) is 10.0 Å². The highest BCUT2D eigenvalue weighted by Crippen LogP contribution is 2.25. The number of rotatable bonds is 2. The average molecular weight is 361 g/mol. The Kier molecular flexibility index (Phi) is 3.64. The fraction of sp³-hybridized carbons (Fsp3) is 0. The monoisotopic (exact) mass is 360 g/mol. The molecule has 0 aliphatic rings. The predicted molar refractivity (Wildman–Crippen MR) is 98.1 cm³/mol. The smallest absolute Gasteiger partial charge is 0.0894 e. The quantitative estimate of drug-likeness (QED) is 0.456. The number of para-hydroxylation sites is 2. The summed E-state index contributed by atoms with van der Waals surface area (Å²) in [4.78, 5) is 9.17. The van der Waals surface area contributed by atoms with Crippen molar-refractivity contribution in [1.82, 2.24) is 9.97 Å². The molecule has 23 heavy (non-hydrogen) atoms. The van der Waals surface area contributed by atoms with Gasteiger partial charge in [-0.15, -0.1) is 0 Å². The standard InChI is InChI=1S/C20H13BrN2/c21-17-11-9-15(10-12-17)14-5-7-16(8-6-14)20-13-22-18-3-1-2-4-19(18)23-20/h1-13H. The molecular formula is C20H13BrN2. The molecule has 1 heterocycles. The van der Waals surface area contributed by atoms with E-state index in [0.717, 1.165) is 26.8 Å². The molecule has 0 amide bonds. The Morgan fingerprint density at radius 1 is 0.609 bits per heavy atom. The maximum absolute atomic E-state index is 4.69.